The molecule has 0 amide bonds. The zero-order valence-corrected chi connectivity index (χ0v) is 11.2. The van der Waals surface area contributed by atoms with Crippen LogP contribution in [0, 0.1) is 39.2 Å². The Balaban J connectivity index is 1.71. The van der Waals surface area contributed by atoms with Gasteiger partial charge in [0.1, 0.15) is 5.69 Å². The van der Waals surface area contributed by atoms with Crippen LogP contribution in [0.25, 0.3) is 0 Å². The van der Waals surface area contributed by atoms with E-state index in [1.165, 1.54) is 31.7 Å². The van der Waals surface area contributed by atoms with Crippen molar-refractivity contribution in [3.05, 3.63) is 33.9 Å². The maximum atomic E-state index is 11.1. The minimum atomic E-state index is -0.427. The predicted molar refractivity (Wildman–Crippen MR) is 75.2 cm³/mol. The van der Waals surface area contributed by atoms with Crippen LogP contribution in [-0.4, -0.2) is 11.5 Å². The van der Waals surface area contributed by atoms with Crippen LogP contribution in [0.2, 0.25) is 0 Å². The number of hydrogen-bond donors (Lipinski definition) is 1. The Labute approximate surface area is 117 Å². The Kier molecular flexibility index (Phi) is 3.31. The molecule has 20 heavy (non-hydrogen) atoms. The fourth-order valence-electron chi connectivity index (χ4n) is 3.77. The molecule has 0 spiro atoms. The Bertz CT molecular complexity index is 579. The number of nitro benzene ring substituents is 1. The topological polar surface area (TPSA) is 79.0 Å². The van der Waals surface area contributed by atoms with Crippen molar-refractivity contribution in [1.82, 2.24) is 0 Å². The van der Waals surface area contributed by atoms with Crippen LogP contribution >= 0.6 is 0 Å². The number of fused-ring (bicyclic) bond motifs is 2. The van der Waals surface area contributed by atoms with E-state index in [0.29, 0.717) is 17.2 Å². The second-order valence-electron chi connectivity index (χ2n) is 5.92. The summed E-state index contributed by atoms with van der Waals surface area (Å²) in [5.74, 6) is 2.32. The van der Waals surface area contributed by atoms with Gasteiger partial charge in [0.05, 0.1) is 16.6 Å². The van der Waals surface area contributed by atoms with E-state index in [2.05, 4.69) is 5.32 Å². The lowest BCUT2D eigenvalue weighted by atomic mass is 9.89. The lowest BCUT2D eigenvalue weighted by Crippen LogP contribution is -2.20. The molecule has 5 heteroatoms. The minimum absolute atomic E-state index is 0.00722. The summed E-state index contributed by atoms with van der Waals surface area (Å²) >= 11 is 0. The molecule has 0 heterocycles. The highest BCUT2D eigenvalue weighted by atomic mass is 16.6. The van der Waals surface area contributed by atoms with Crippen molar-refractivity contribution < 1.29 is 4.92 Å². The third-order valence-electron chi connectivity index (χ3n) is 4.76. The predicted octanol–water partition coefficient (Wildman–Crippen LogP) is 3.31. The van der Waals surface area contributed by atoms with E-state index >= 15 is 0 Å². The smallest absolute Gasteiger partial charge is 0.293 e. The molecule has 3 atom stereocenters. The summed E-state index contributed by atoms with van der Waals surface area (Å²) in [5.41, 5.74) is 0.839. The molecule has 2 aliphatic carbocycles. The molecule has 2 aliphatic rings. The number of nitrogens with zero attached hydrogens (tertiary/aromatic N) is 2. The fourth-order valence-corrected chi connectivity index (χ4v) is 3.77. The Morgan fingerprint density at radius 2 is 2.25 bits per heavy atom. The number of rotatable bonds is 4. The van der Waals surface area contributed by atoms with E-state index in [1.54, 1.807) is 12.1 Å². The second kappa shape index (κ2) is 5.12. The lowest BCUT2D eigenvalue weighted by molar-refractivity contribution is -0.384. The summed E-state index contributed by atoms with van der Waals surface area (Å²) in [6, 6.07) is 6.54. The molecule has 3 rings (SSSR count). The van der Waals surface area contributed by atoms with Gasteiger partial charge in [0.25, 0.3) is 5.69 Å². The Morgan fingerprint density at radius 3 is 2.85 bits per heavy atom. The average Bonchev–Trinajstić information content (AvgIpc) is 3.07. The molecule has 1 N–H and O–H groups in total. The van der Waals surface area contributed by atoms with Gasteiger partial charge in [-0.15, -0.1) is 0 Å². The normalized spacial score (nSPS) is 27.2. The van der Waals surface area contributed by atoms with Gasteiger partial charge in [-0.3, -0.25) is 10.1 Å². The zero-order valence-electron chi connectivity index (χ0n) is 11.2. The van der Waals surface area contributed by atoms with Crippen molar-refractivity contribution in [2.75, 3.05) is 11.9 Å². The molecule has 5 nitrogen and oxygen atoms in total. The van der Waals surface area contributed by atoms with Crippen LogP contribution in [0.5, 0.6) is 0 Å². The van der Waals surface area contributed by atoms with E-state index in [-0.39, 0.29) is 5.69 Å². The third-order valence-corrected chi connectivity index (χ3v) is 4.76. The minimum Gasteiger partial charge on any atom is -0.379 e. The van der Waals surface area contributed by atoms with Crippen LogP contribution in [0.3, 0.4) is 0 Å². The van der Waals surface area contributed by atoms with E-state index in [0.717, 1.165) is 18.4 Å². The first-order chi connectivity index (χ1) is 9.67. The van der Waals surface area contributed by atoms with Gasteiger partial charge in [-0.2, -0.15) is 5.26 Å². The molecule has 0 aliphatic heterocycles. The Morgan fingerprint density at radius 1 is 1.40 bits per heavy atom. The summed E-state index contributed by atoms with van der Waals surface area (Å²) in [4.78, 5) is 10.6. The fraction of sp³-hybridized carbons (Fsp3) is 0.533. The van der Waals surface area contributed by atoms with Crippen LogP contribution in [-0.2, 0) is 0 Å². The lowest BCUT2D eigenvalue weighted by Gasteiger charge is -2.22. The molecular formula is C15H17N3O2. The number of hydrogen-bond acceptors (Lipinski definition) is 4. The molecule has 1 aromatic rings. The van der Waals surface area contributed by atoms with Gasteiger partial charge in [0.15, 0.2) is 0 Å². The van der Waals surface area contributed by atoms with Crippen LogP contribution in [0.15, 0.2) is 18.2 Å². The van der Waals surface area contributed by atoms with Crippen molar-refractivity contribution in [2.24, 2.45) is 17.8 Å². The Hall–Kier alpha value is -2.09. The number of benzene rings is 1. The van der Waals surface area contributed by atoms with Gasteiger partial charge in [0, 0.05) is 12.6 Å². The molecule has 104 valence electrons. The maximum Gasteiger partial charge on any atom is 0.293 e. The average molecular weight is 271 g/mol. The van der Waals surface area contributed by atoms with Crippen LogP contribution in [0.1, 0.15) is 31.2 Å². The first kappa shape index (κ1) is 12.9. The standard InChI is InChI=1S/C15H17N3O2/c16-8-11-2-4-14(15(7-11)18(19)20)17-9-13-6-10-1-3-12(13)5-10/h2,4,7,10,12-13,17H,1,3,5-6,9H2/t10-,12+,13-/m0/s1. The molecule has 1 aromatic carbocycles. The number of nitriles is 1. The van der Waals surface area contributed by atoms with Gasteiger partial charge >= 0.3 is 0 Å². The third kappa shape index (κ3) is 2.34. The van der Waals surface area contributed by atoms with Gasteiger partial charge in [-0.05, 0) is 49.1 Å². The molecule has 0 radical (unpaired) electrons. The van der Waals surface area contributed by atoms with Crippen molar-refractivity contribution in [2.45, 2.75) is 25.7 Å². The van der Waals surface area contributed by atoms with Crippen LogP contribution in [0.4, 0.5) is 11.4 Å². The number of anilines is 1. The highest BCUT2D eigenvalue weighted by Crippen LogP contribution is 2.48. The molecule has 0 aromatic heterocycles. The summed E-state index contributed by atoms with van der Waals surface area (Å²) in [7, 11) is 0. The van der Waals surface area contributed by atoms with E-state index in [9.17, 15) is 10.1 Å². The number of nitro groups is 1. The molecule has 0 unspecified atom stereocenters. The van der Waals surface area contributed by atoms with Crippen molar-refractivity contribution in [3.8, 4) is 6.07 Å². The molecule has 2 fully saturated rings. The largest absolute Gasteiger partial charge is 0.379 e. The summed E-state index contributed by atoms with van der Waals surface area (Å²) in [6.45, 7) is 0.800. The maximum absolute atomic E-state index is 11.1. The van der Waals surface area contributed by atoms with Gasteiger partial charge in [-0.25, -0.2) is 0 Å². The van der Waals surface area contributed by atoms with Crippen molar-refractivity contribution in [3.63, 3.8) is 0 Å². The van der Waals surface area contributed by atoms with E-state index < -0.39 is 4.92 Å². The quantitative estimate of drug-likeness (QED) is 0.673. The van der Waals surface area contributed by atoms with Gasteiger partial charge in [-0.1, -0.05) is 6.42 Å². The second-order valence-corrected chi connectivity index (χ2v) is 5.92. The summed E-state index contributed by atoms with van der Waals surface area (Å²) < 4.78 is 0. The van der Waals surface area contributed by atoms with Crippen LogP contribution < -0.4 is 5.32 Å². The number of nitrogens with one attached hydrogen (secondary N) is 1. The van der Waals surface area contributed by atoms with E-state index in [1.807, 2.05) is 6.07 Å². The van der Waals surface area contributed by atoms with Crippen molar-refractivity contribution >= 4 is 11.4 Å². The van der Waals surface area contributed by atoms with Crippen molar-refractivity contribution in [1.29, 1.82) is 5.26 Å². The summed E-state index contributed by atoms with van der Waals surface area (Å²) in [6.07, 6.45) is 5.26. The molecule has 2 saturated carbocycles. The SMILES string of the molecule is N#Cc1ccc(NC[C@@H]2C[C@H]3CC[C@@H]2C3)c([N+](=O)[O-])c1. The molecular weight excluding hydrogens is 254 g/mol. The van der Waals surface area contributed by atoms with E-state index in [4.69, 9.17) is 5.26 Å². The molecule has 0 saturated heterocycles. The monoisotopic (exact) mass is 271 g/mol. The first-order valence-electron chi connectivity index (χ1n) is 7.10. The first-order valence-corrected chi connectivity index (χ1v) is 7.10. The van der Waals surface area contributed by atoms with Gasteiger partial charge in [0.2, 0.25) is 0 Å². The zero-order chi connectivity index (χ0) is 14.1. The highest BCUT2D eigenvalue weighted by molar-refractivity contribution is 5.64. The molecule has 2 bridgehead atoms. The summed E-state index contributed by atoms with van der Waals surface area (Å²) in [5, 5.41) is 23.1. The highest BCUT2D eigenvalue weighted by Gasteiger charge is 2.39. The van der Waals surface area contributed by atoms with Gasteiger partial charge < -0.3 is 5.32 Å².